The number of ether oxygens (including phenoxy) is 2. The first-order valence-corrected chi connectivity index (χ1v) is 4.89. The molecule has 0 saturated heterocycles. The zero-order valence-electron chi connectivity index (χ0n) is 8.46. The average Bonchev–Trinajstić information content (AvgIpc) is 2.28. The Bertz CT molecular complexity index is 406. The fraction of sp³-hybridized carbons (Fsp3) is 0.400. The molecule has 1 unspecified atom stereocenters. The van der Waals surface area contributed by atoms with Crippen molar-refractivity contribution in [2.45, 2.75) is 12.5 Å². The lowest BCUT2D eigenvalue weighted by atomic mass is 10.2. The number of hydrogen-bond acceptors (Lipinski definition) is 5. The number of fused-ring (bicyclic) bond motifs is 1. The van der Waals surface area contributed by atoms with E-state index in [0.29, 0.717) is 24.5 Å². The highest BCUT2D eigenvalue weighted by Gasteiger charge is 2.22. The quantitative estimate of drug-likeness (QED) is 0.615. The molecule has 2 rings (SSSR count). The van der Waals surface area contributed by atoms with Gasteiger partial charge in [0.1, 0.15) is 12.7 Å². The van der Waals surface area contributed by atoms with Gasteiger partial charge in [-0.15, -0.1) is 0 Å². The van der Waals surface area contributed by atoms with Gasteiger partial charge in [0.2, 0.25) is 0 Å². The molecule has 6 nitrogen and oxygen atoms in total. The first-order valence-electron chi connectivity index (χ1n) is 4.89. The van der Waals surface area contributed by atoms with Gasteiger partial charge in [-0.05, 0) is 6.07 Å². The molecular weight excluding hydrogens is 214 g/mol. The summed E-state index contributed by atoms with van der Waals surface area (Å²) in [6, 6.07) is 4.22. The Morgan fingerprint density at radius 1 is 1.50 bits per heavy atom. The highest BCUT2D eigenvalue weighted by atomic mass is 16.6. The fourth-order valence-corrected chi connectivity index (χ4v) is 1.50. The van der Waals surface area contributed by atoms with Crippen molar-refractivity contribution in [2.75, 3.05) is 13.2 Å². The third-order valence-corrected chi connectivity index (χ3v) is 2.31. The molecule has 1 aromatic carbocycles. The molecule has 0 radical (unpaired) electrons. The molecular formula is C10H11NO5. The number of nitrogens with zero attached hydrogens (tertiary/aromatic N) is 1. The van der Waals surface area contributed by atoms with Gasteiger partial charge in [0.25, 0.3) is 5.69 Å². The number of nitro benzene ring substituents is 1. The Labute approximate surface area is 91.6 Å². The van der Waals surface area contributed by atoms with Gasteiger partial charge >= 0.3 is 0 Å². The average molecular weight is 225 g/mol. The summed E-state index contributed by atoms with van der Waals surface area (Å²) in [7, 11) is 0. The Morgan fingerprint density at radius 3 is 3.00 bits per heavy atom. The van der Waals surface area contributed by atoms with Crippen molar-refractivity contribution in [3.05, 3.63) is 28.3 Å². The van der Waals surface area contributed by atoms with E-state index in [1.807, 2.05) is 0 Å². The summed E-state index contributed by atoms with van der Waals surface area (Å²) >= 11 is 0. The van der Waals surface area contributed by atoms with E-state index in [9.17, 15) is 10.1 Å². The zero-order chi connectivity index (χ0) is 11.5. The smallest absolute Gasteiger partial charge is 0.273 e. The van der Waals surface area contributed by atoms with Gasteiger partial charge in [-0.2, -0.15) is 0 Å². The molecule has 0 spiro atoms. The Kier molecular flexibility index (Phi) is 2.91. The molecule has 0 saturated carbocycles. The second-order valence-electron chi connectivity index (χ2n) is 3.45. The van der Waals surface area contributed by atoms with Crippen molar-refractivity contribution in [1.82, 2.24) is 0 Å². The summed E-state index contributed by atoms with van der Waals surface area (Å²) in [6.45, 7) is 0.351. The maximum atomic E-state index is 10.6. The van der Waals surface area contributed by atoms with Gasteiger partial charge < -0.3 is 14.6 Å². The summed E-state index contributed by atoms with van der Waals surface area (Å²) < 4.78 is 10.8. The van der Waals surface area contributed by atoms with Crippen LogP contribution in [0.5, 0.6) is 11.5 Å². The van der Waals surface area contributed by atoms with E-state index in [0.717, 1.165) is 0 Å². The van der Waals surface area contributed by atoms with Gasteiger partial charge in [0.15, 0.2) is 11.5 Å². The van der Waals surface area contributed by atoms with Crippen LogP contribution in [0, 0.1) is 10.1 Å². The molecule has 1 aromatic rings. The SMILES string of the molecule is O=[N+]([O-])c1ccc2c(c1)OC(CCO)CO2. The molecule has 0 fully saturated rings. The van der Waals surface area contributed by atoms with Gasteiger partial charge in [0, 0.05) is 19.1 Å². The summed E-state index contributed by atoms with van der Waals surface area (Å²) in [5.41, 5.74) is -0.0352. The van der Waals surface area contributed by atoms with E-state index < -0.39 is 4.92 Å². The van der Waals surface area contributed by atoms with Crippen LogP contribution in [0.3, 0.4) is 0 Å². The lowest BCUT2D eigenvalue weighted by Crippen LogP contribution is -2.29. The summed E-state index contributed by atoms with van der Waals surface area (Å²) in [6.07, 6.45) is 0.196. The van der Waals surface area contributed by atoms with Crippen LogP contribution in [-0.2, 0) is 0 Å². The van der Waals surface area contributed by atoms with Gasteiger partial charge in [-0.1, -0.05) is 0 Å². The molecule has 6 heteroatoms. The third-order valence-electron chi connectivity index (χ3n) is 2.31. The summed E-state index contributed by atoms with van der Waals surface area (Å²) in [5.74, 6) is 0.860. The predicted octanol–water partition coefficient (Wildman–Crippen LogP) is 1.12. The minimum atomic E-state index is -0.487. The van der Waals surface area contributed by atoms with Crippen molar-refractivity contribution >= 4 is 5.69 Å². The standard InChI is InChI=1S/C10H11NO5/c12-4-3-8-6-15-9-2-1-7(11(13)14)5-10(9)16-8/h1-2,5,8,12H,3-4,6H2. The van der Waals surface area contributed by atoms with E-state index in [1.165, 1.54) is 18.2 Å². The number of aliphatic hydroxyl groups is 1. The molecule has 1 N–H and O–H groups in total. The zero-order valence-corrected chi connectivity index (χ0v) is 8.46. The molecule has 86 valence electrons. The summed E-state index contributed by atoms with van der Waals surface area (Å²) in [5, 5.41) is 19.3. The second-order valence-corrected chi connectivity index (χ2v) is 3.45. The van der Waals surface area contributed by atoms with Gasteiger partial charge in [-0.25, -0.2) is 0 Å². The maximum Gasteiger partial charge on any atom is 0.273 e. The molecule has 0 bridgehead atoms. The van der Waals surface area contributed by atoms with E-state index >= 15 is 0 Å². The van der Waals surface area contributed by atoms with Crippen molar-refractivity contribution in [3.8, 4) is 11.5 Å². The number of rotatable bonds is 3. The fourth-order valence-electron chi connectivity index (χ4n) is 1.50. The Morgan fingerprint density at radius 2 is 2.31 bits per heavy atom. The van der Waals surface area contributed by atoms with Crippen molar-refractivity contribution in [2.24, 2.45) is 0 Å². The number of nitro groups is 1. The van der Waals surface area contributed by atoms with Crippen molar-refractivity contribution in [3.63, 3.8) is 0 Å². The van der Waals surface area contributed by atoms with Gasteiger partial charge in [0.05, 0.1) is 11.0 Å². The third kappa shape index (κ3) is 2.06. The molecule has 0 aromatic heterocycles. The normalized spacial score (nSPS) is 18.2. The lowest BCUT2D eigenvalue weighted by Gasteiger charge is -2.25. The van der Waals surface area contributed by atoms with Crippen LogP contribution in [0.1, 0.15) is 6.42 Å². The Hall–Kier alpha value is -1.82. The van der Waals surface area contributed by atoms with Crippen molar-refractivity contribution in [1.29, 1.82) is 0 Å². The minimum absolute atomic E-state index is 0.00170. The molecule has 1 aliphatic heterocycles. The van der Waals surface area contributed by atoms with Crippen LogP contribution >= 0.6 is 0 Å². The largest absolute Gasteiger partial charge is 0.486 e. The number of benzene rings is 1. The highest BCUT2D eigenvalue weighted by molar-refractivity contribution is 5.49. The minimum Gasteiger partial charge on any atom is -0.486 e. The van der Waals surface area contributed by atoms with Crippen LogP contribution in [0.25, 0.3) is 0 Å². The van der Waals surface area contributed by atoms with E-state index in [2.05, 4.69) is 0 Å². The van der Waals surface area contributed by atoms with Crippen molar-refractivity contribution < 1.29 is 19.5 Å². The number of aliphatic hydroxyl groups excluding tert-OH is 1. The van der Waals surface area contributed by atoms with Crippen LogP contribution in [0.15, 0.2) is 18.2 Å². The molecule has 1 atom stereocenters. The van der Waals surface area contributed by atoms with E-state index in [-0.39, 0.29) is 18.4 Å². The first-order chi connectivity index (χ1) is 7.70. The van der Waals surface area contributed by atoms with Gasteiger partial charge in [-0.3, -0.25) is 10.1 Å². The highest BCUT2D eigenvalue weighted by Crippen LogP contribution is 2.35. The topological polar surface area (TPSA) is 81.8 Å². The number of hydrogen-bond donors (Lipinski definition) is 1. The molecule has 0 aliphatic carbocycles. The second kappa shape index (κ2) is 4.36. The molecule has 1 aliphatic rings. The monoisotopic (exact) mass is 225 g/mol. The maximum absolute atomic E-state index is 10.6. The lowest BCUT2D eigenvalue weighted by molar-refractivity contribution is -0.385. The molecule has 16 heavy (non-hydrogen) atoms. The Balaban J connectivity index is 2.21. The van der Waals surface area contributed by atoms with E-state index in [4.69, 9.17) is 14.6 Å². The van der Waals surface area contributed by atoms with Crippen LogP contribution in [-0.4, -0.2) is 29.3 Å². The van der Waals surface area contributed by atoms with Crippen LogP contribution in [0.2, 0.25) is 0 Å². The van der Waals surface area contributed by atoms with E-state index in [1.54, 1.807) is 0 Å². The molecule has 1 heterocycles. The predicted molar refractivity (Wildman–Crippen MR) is 54.7 cm³/mol. The molecule has 0 amide bonds. The van der Waals surface area contributed by atoms with Crippen LogP contribution in [0.4, 0.5) is 5.69 Å². The number of non-ortho nitro benzene ring substituents is 1. The first kappa shape index (κ1) is 10.7. The van der Waals surface area contributed by atoms with Crippen LogP contribution < -0.4 is 9.47 Å². The summed E-state index contributed by atoms with van der Waals surface area (Å²) in [4.78, 5) is 10.1.